The van der Waals surface area contributed by atoms with E-state index in [1.165, 1.54) is 6.07 Å². The number of aryl methyl sites for hydroxylation is 1. The quantitative estimate of drug-likeness (QED) is 0.886. The maximum Gasteiger partial charge on any atom is 0.251 e. The van der Waals surface area contributed by atoms with Crippen LogP contribution in [0.2, 0.25) is 0 Å². The maximum absolute atomic E-state index is 11.7. The largest absolute Gasteiger partial charge is 0.366 e. The molecule has 0 spiro atoms. The summed E-state index contributed by atoms with van der Waals surface area (Å²) in [5, 5.41) is 3.35. The minimum absolute atomic E-state index is 0.158. The third kappa shape index (κ3) is 3.61. The highest BCUT2D eigenvalue weighted by Gasteiger charge is 2.22. The van der Waals surface area contributed by atoms with E-state index in [1.54, 1.807) is 11.1 Å². The Labute approximate surface area is 140 Å². The van der Waals surface area contributed by atoms with Crippen molar-refractivity contribution >= 4 is 11.7 Å². The second-order valence-electron chi connectivity index (χ2n) is 6.03. The Kier molecular flexibility index (Phi) is 4.59. The zero-order valence-electron chi connectivity index (χ0n) is 13.9. The van der Waals surface area contributed by atoms with E-state index in [2.05, 4.69) is 20.3 Å². The van der Waals surface area contributed by atoms with Crippen molar-refractivity contribution < 1.29 is 4.79 Å². The first-order valence-corrected chi connectivity index (χ1v) is 8.12. The number of pyridine rings is 1. The lowest BCUT2D eigenvalue weighted by Crippen LogP contribution is -2.43. The molecule has 1 aliphatic heterocycles. The maximum atomic E-state index is 11.7. The highest BCUT2D eigenvalue weighted by Crippen LogP contribution is 2.18. The average molecular weight is 327 g/mol. The van der Waals surface area contributed by atoms with Crippen LogP contribution in [-0.2, 0) is 11.2 Å². The number of aromatic amines is 1. The number of nitrogens with zero attached hydrogens (tertiary/aromatic N) is 3. The predicted molar refractivity (Wildman–Crippen MR) is 91.7 cm³/mol. The van der Waals surface area contributed by atoms with Crippen LogP contribution < -0.4 is 10.9 Å². The second kappa shape index (κ2) is 6.82. The third-order valence-electron chi connectivity index (χ3n) is 4.17. The summed E-state index contributed by atoms with van der Waals surface area (Å²) in [5.74, 6) is 1.46. The van der Waals surface area contributed by atoms with E-state index in [1.807, 2.05) is 26.1 Å². The molecule has 2 aromatic heterocycles. The van der Waals surface area contributed by atoms with Crippen LogP contribution in [0.5, 0.6) is 0 Å². The van der Waals surface area contributed by atoms with Gasteiger partial charge in [-0.15, -0.1) is 0 Å². The fourth-order valence-corrected chi connectivity index (χ4v) is 2.78. The number of amides is 1. The Morgan fingerprint density at radius 2 is 2.21 bits per heavy atom. The van der Waals surface area contributed by atoms with Gasteiger partial charge in [-0.1, -0.05) is 6.92 Å². The third-order valence-corrected chi connectivity index (χ3v) is 4.17. The molecule has 126 valence electrons. The van der Waals surface area contributed by atoms with Crippen LogP contribution in [0.4, 0.5) is 5.82 Å². The summed E-state index contributed by atoms with van der Waals surface area (Å²) in [6.45, 7) is 2.64. The first-order chi connectivity index (χ1) is 11.5. The van der Waals surface area contributed by atoms with E-state index >= 15 is 0 Å². The fourth-order valence-electron chi connectivity index (χ4n) is 2.78. The van der Waals surface area contributed by atoms with Crippen molar-refractivity contribution in [2.45, 2.75) is 32.2 Å². The van der Waals surface area contributed by atoms with Crippen LogP contribution in [-0.4, -0.2) is 45.4 Å². The van der Waals surface area contributed by atoms with E-state index in [-0.39, 0.29) is 17.5 Å². The molecule has 3 rings (SSSR count). The molecule has 2 aromatic rings. The molecule has 2 N–H and O–H groups in total. The molecule has 0 aliphatic carbocycles. The minimum atomic E-state index is -0.158. The number of likely N-dealkylation sites (tertiary alicyclic amines) is 1. The number of likely N-dealkylation sites (N-methyl/N-ethyl adjacent to an activating group) is 1. The van der Waals surface area contributed by atoms with Gasteiger partial charge < -0.3 is 15.2 Å². The number of hydrogen-bond donors (Lipinski definition) is 2. The van der Waals surface area contributed by atoms with E-state index < -0.39 is 0 Å². The standard InChI is InChI=1S/C17H21N5O2/c1-3-12-8-15(23)21-17(20-12)11-4-6-14(18-9-11)19-13-5-7-16(24)22(2)10-13/h4,6,8-9,13H,3,5,7,10H2,1-2H3,(H,18,19)(H,20,21,23). The summed E-state index contributed by atoms with van der Waals surface area (Å²) in [6, 6.07) is 5.45. The summed E-state index contributed by atoms with van der Waals surface area (Å²) in [4.78, 5) is 36.5. The van der Waals surface area contributed by atoms with Crippen LogP contribution in [0.1, 0.15) is 25.5 Å². The van der Waals surface area contributed by atoms with Gasteiger partial charge in [0.15, 0.2) is 0 Å². The van der Waals surface area contributed by atoms with Crippen LogP contribution in [0.25, 0.3) is 11.4 Å². The summed E-state index contributed by atoms with van der Waals surface area (Å²) < 4.78 is 0. The number of hydrogen-bond acceptors (Lipinski definition) is 5. The lowest BCUT2D eigenvalue weighted by Gasteiger charge is -2.30. The van der Waals surface area contributed by atoms with E-state index in [9.17, 15) is 9.59 Å². The normalized spacial score (nSPS) is 17.8. The lowest BCUT2D eigenvalue weighted by molar-refractivity contribution is -0.132. The van der Waals surface area contributed by atoms with Crippen LogP contribution in [0, 0.1) is 0 Å². The van der Waals surface area contributed by atoms with Gasteiger partial charge in [-0.3, -0.25) is 9.59 Å². The highest BCUT2D eigenvalue weighted by molar-refractivity contribution is 5.77. The van der Waals surface area contributed by atoms with E-state index in [4.69, 9.17) is 0 Å². The van der Waals surface area contributed by atoms with Gasteiger partial charge in [0.05, 0.1) is 0 Å². The molecule has 7 heteroatoms. The van der Waals surface area contributed by atoms with Gasteiger partial charge in [-0.05, 0) is 25.0 Å². The van der Waals surface area contributed by atoms with Gasteiger partial charge >= 0.3 is 0 Å². The first kappa shape index (κ1) is 16.2. The Balaban J connectivity index is 1.73. The Morgan fingerprint density at radius 3 is 2.88 bits per heavy atom. The summed E-state index contributed by atoms with van der Waals surface area (Å²) in [6.07, 6.45) is 3.76. The van der Waals surface area contributed by atoms with E-state index in [0.717, 1.165) is 23.5 Å². The van der Waals surface area contributed by atoms with Gasteiger partial charge in [0.1, 0.15) is 11.6 Å². The van der Waals surface area contributed by atoms with Crippen molar-refractivity contribution in [3.8, 4) is 11.4 Å². The topological polar surface area (TPSA) is 91.0 Å². The van der Waals surface area contributed by atoms with Gasteiger partial charge in [-0.2, -0.15) is 0 Å². The van der Waals surface area contributed by atoms with Crippen molar-refractivity contribution in [3.05, 3.63) is 40.4 Å². The molecule has 0 saturated carbocycles. The average Bonchev–Trinajstić information content (AvgIpc) is 2.58. The molecular formula is C17H21N5O2. The first-order valence-electron chi connectivity index (χ1n) is 8.12. The molecule has 1 amide bonds. The molecule has 0 aromatic carbocycles. The van der Waals surface area contributed by atoms with Gasteiger partial charge in [-0.25, -0.2) is 9.97 Å². The zero-order chi connectivity index (χ0) is 17.1. The van der Waals surface area contributed by atoms with E-state index in [0.29, 0.717) is 25.2 Å². The van der Waals surface area contributed by atoms with Crippen molar-refractivity contribution in [3.63, 3.8) is 0 Å². The van der Waals surface area contributed by atoms with Crippen LogP contribution in [0.15, 0.2) is 29.2 Å². The van der Waals surface area contributed by atoms with Crippen LogP contribution in [0.3, 0.4) is 0 Å². The Bertz CT molecular complexity index is 784. The molecule has 1 fully saturated rings. The van der Waals surface area contributed by atoms with Crippen molar-refractivity contribution in [2.75, 3.05) is 18.9 Å². The molecule has 1 aliphatic rings. The Morgan fingerprint density at radius 1 is 1.38 bits per heavy atom. The number of piperidine rings is 1. The molecule has 0 radical (unpaired) electrons. The van der Waals surface area contributed by atoms with Crippen molar-refractivity contribution in [1.29, 1.82) is 0 Å². The molecule has 1 unspecified atom stereocenters. The molecule has 1 atom stereocenters. The fraction of sp³-hybridized carbons (Fsp3) is 0.412. The smallest absolute Gasteiger partial charge is 0.251 e. The number of carbonyl (C=O) groups excluding carboxylic acids is 1. The number of aromatic nitrogens is 3. The number of carbonyl (C=O) groups is 1. The van der Waals surface area contributed by atoms with Crippen LogP contribution >= 0.6 is 0 Å². The number of rotatable bonds is 4. The van der Waals surface area contributed by atoms with Gasteiger partial charge in [0.25, 0.3) is 5.56 Å². The minimum Gasteiger partial charge on any atom is -0.366 e. The van der Waals surface area contributed by atoms with Gasteiger partial charge in [0.2, 0.25) is 5.91 Å². The van der Waals surface area contributed by atoms with Crippen molar-refractivity contribution in [2.24, 2.45) is 0 Å². The molecule has 3 heterocycles. The molecule has 24 heavy (non-hydrogen) atoms. The second-order valence-corrected chi connectivity index (χ2v) is 6.03. The summed E-state index contributed by atoms with van der Waals surface area (Å²) in [5.41, 5.74) is 1.36. The highest BCUT2D eigenvalue weighted by atomic mass is 16.2. The number of anilines is 1. The van der Waals surface area contributed by atoms with Crippen molar-refractivity contribution in [1.82, 2.24) is 19.9 Å². The lowest BCUT2D eigenvalue weighted by atomic mass is 10.1. The summed E-state index contributed by atoms with van der Waals surface area (Å²) in [7, 11) is 1.81. The predicted octanol–water partition coefficient (Wildman–Crippen LogP) is 1.43. The molecular weight excluding hydrogens is 306 g/mol. The zero-order valence-corrected chi connectivity index (χ0v) is 13.9. The SMILES string of the molecule is CCc1cc(=O)[nH]c(-c2ccc(NC3CCC(=O)N(C)C3)nc2)n1. The summed E-state index contributed by atoms with van der Waals surface area (Å²) >= 11 is 0. The monoisotopic (exact) mass is 327 g/mol. The molecule has 1 saturated heterocycles. The van der Waals surface area contributed by atoms with Gasteiger partial charge in [0, 0.05) is 49.6 Å². The number of nitrogens with one attached hydrogen (secondary N) is 2. The molecule has 7 nitrogen and oxygen atoms in total. The number of H-pyrrole nitrogens is 1. The Hall–Kier alpha value is -2.70. The molecule has 0 bridgehead atoms.